The predicted octanol–water partition coefficient (Wildman–Crippen LogP) is 3.78. The maximum Gasteiger partial charge on any atom is 0.161 e. The molecule has 0 radical (unpaired) electrons. The molecule has 0 aliphatic carbocycles. The Labute approximate surface area is 124 Å². The first-order valence-electron chi connectivity index (χ1n) is 7.04. The Bertz CT molecular complexity index is 601. The highest BCUT2D eigenvalue weighted by molar-refractivity contribution is 5.41. The van der Waals surface area contributed by atoms with Gasteiger partial charge in [-0.1, -0.05) is 24.3 Å². The Kier molecular flexibility index (Phi) is 5.17. The lowest BCUT2D eigenvalue weighted by atomic mass is 10.1. The summed E-state index contributed by atoms with van der Waals surface area (Å²) in [6, 6.07) is 11.9. The van der Waals surface area contributed by atoms with Gasteiger partial charge in [0.2, 0.25) is 0 Å². The van der Waals surface area contributed by atoms with Gasteiger partial charge in [0.05, 0.1) is 6.61 Å². The molecule has 2 rings (SSSR count). The number of nitrogens with one attached hydrogen (secondary N) is 1. The SMILES string of the molecule is CCOc1cc(CNC(C)c2ccccc2F)ccc1O. The molecular weight excluding hydrogens is 269 g/mol. The van der Waals surface area contributed by atoms with Crippen LogP contribution < -0.4 is 10.1 Å². The summed E-state index contributed by atoms with van der Waals surface area (Å²) in [5.74, 6) is 0.385. The predicted molar refractivity (Wildman–Crippen MR) is 80.9 cm³/mol. The Morgan fingerprint density at radius 2 is 2.00 bits per heavy atom. The summed E-state index contributed by atoms with van der Waals surface area (Å²) in [5, 5.41) is 12.9. The summed E-state index contributed by atoms with van der Waals surface area (Å²) in [7, 11) is 0. The van der Waals surface area contributed by atoms with E-state index in [0.29, 0.717) is 24.5 Å². The monoisotopic (exact) mass is 289 g/mol. The number of rotatable bonds is 6. The van der Waals surface area contributed by atoms with Crippen molar-refractivity contribution in [1.82, 2.24) is 5.32 Å². The van der Waals surface area contributed by atoms with Crippen LogP contribution in [0, 0.1) is 5.82 Å². The van der Waals surface area contributed by atoms with E-state index < -0.39 is 0 Å². The van der Waals surface area contributed by atoms with E-state index in [9.17, 15) is 9.50 Å². The lowest BCUT2D eigenvalue weighted by molar-refractivity contribution is 0.317. The second-order valence-corrected chi connectivity index (χ2v) is 4.86. The van der Waals surface area contributed by atoms with E-state index in [1.165, 1.54) is 6.07 Å². The van der Waals surface area contributed by atoms with Gasteiger partial charge in [0, 0.05) is 18.2 Å². The van der Waals surface area contributed by atoms with Crippen LogP contribution in [0.2, 0.25) is 0 Å². The Balaban J connectivity index is 2.03. The molecule has 0 amide bonds. The molecule has 4 heteroatoms. The van der Waals surface area contributed by atoms with Crippen LogP contribution in [0.5, 0.6) is 11.5 Å². The maximum absolute atomic E-state index is 13.7. The van der Waals surface area contributed by atoms with Crippen LogP contribution in [0.4, 0.5) is 4.39 Å². The van der Waals surface area contributed by atoms with Crippen molar-refractivity contribution in [2.45, 2.75) is 26.4 Å². The molecular formula is C17H20FNO2. The minimum Gasteiger partial charge on any atom is -0.504 e. The standard InChI is InChI=1S/C17H20FNO2/c1-3-21-17-10-13(8-9-16(17)20)11-19-12(2)14-6-4-5-7-15(14)18/h4-10,12,19-20H,3,11H2,1-2H3. The van der Waals surface area contributed by atoms with E-state index in [1.807, 2.05) is 26.0 Å². The summed E-state index contributed by atoms with van der Waals surface area (Å²) in [6.07, 6.45) is 0. The molecule has 0 fully saturated rings. The van der Waals surface area contributed by atoms with Gasteiger partial charge in [0.25, 0.3) is 0 Å². The molecule has 0 aromatic heterocycles. The summed E-state index contributed by atoms with van der Waals surface area (Å²) < 4.78 is 19.0. The van der Waals surface area contributed by atoms with Crippen molar-refractivity contribution in [3.63, 3.8) is 0 Å². The van der Waals surface area contributed by atoms with Crippen LogP contribution in [0.15, 0.2) is 42.5 Å². The van der Waals surface area contributed by atoms with Crippen molar-refractivity contribution in [3.8, 4) is 11.5 Å². The smallest absolute Gasteiger partial charge is 0.161 e. The number of aromatic hydroxyl groups is 1. The second kappa shape index (κ2) is 7.09. The average Bonchev–Trinajstić information content (AvgIpc) is 2.48. The Hall–Kier alpha value is -2.07. The first-order valence-corrected chi connectivity index (χ1v) is 7.04. The third-order valence-electron chi connectivity index (χ3n) is 3.31. The average molecular weight is 289 g/mol. The van der Waals surface area contributed by atoms with Crippen molar-refractivity contribution >= 4 is 0 Å². The van der Waals surface area contributed by atoms with Gasteiger partial charge in [-0.15, -0.1) is 0 Å². The highest BCUT2D eigenvalue weighted by atomic mass is 19.1. The van der Waals surface area contributed by atoms with Crippen LogP contribution in [-0.2, 0) is 6.54 Å². The maximum atomic E-state index is 13.7. The number of ether oxygens (including phenoxy) is 1. The van der Waals surface area contributed by atoms with Gasteiger partial charge in [-0.25, -0.2) is 4.39 Å². The van der Waals surface area contributed by atoms with Crippen LogP contribution >= 0.6 is 0 Å². The molecule has 0 saturated carbocycles. The largest absolute Gasteiger partial charge is 0.504 e. The second-order valence-electron chi connectivity index (χ2n) is 4.86. The molecule has 0 spiro atoms. The molecule has 2 N–H and O–H groups in total. The van der Waals surface area contributed by atoms with Crippen LogP contribution in [0.3, 0.4) is 0 Å². The fourth-order valence-corrected chi connectivity index (χ4v) is 2.15. The minimum atomic E-state index is -0.210. The highest BCUT2D eigenvalue weighted by Gasteiger charge is 2.10. The zero-order chi connectivity index (χ0) is 15.2. The topological polar surface area (TPSA) is 41.5 Å². The number of benzene rings is 2. The third-order valence-corrected chi connectivity index (χ3v) is 3.31. The molecule has 0 bridgehead atoms. The van der Waals surface area contributed by atoms with Crippen molar-refractivity contribution in [2.75, 3.05) is 6.61 Å². The molecule has 112 valence electrons. The molecule has 2 aromatic rings. The fourth-order valence-electron chi connectivity index (χ4n) is 2.15. The van der Waals surface area contributed by atoms with Crippen molar-refractivity contribution < 1.29 is 14.2 Å². The first-order chi connectivity index (χ1) is 10.1. The fraction of sp³-hybridized carbons (Fsp3) is 0.294. The number of halogens is 1. The zero-order valence-electron chi connectivity index (χ0n) is 12.3. The first kappa shape index (κ1) is 15.3. The van der Waals surface area contributed by atoms with Crippen molar-refractivity contribution in [2.24, 2.45) is 0 Å². The van der Waals surface area contributed by atoms with Gasteiger partial charge in [-0.3, -0.25) is 0 Å². The number of phenols is 1. The molecule has 0 aliphatic rings. The van der Waals surface area contributed by atoms with Gasteiger partial charge in [-0.05, 0) is 37.6 Å². The summed E-state index contributed by atoms with van der Waals surface area (Å²) in [4.78, 5) is 0. The van der Waals surface area contributed by atoms with Crippen molar-refractivity contribution in [3.05, 3.63) is 59.4 Å². The van der Waals surface area contributed by atoms with E-state index in [4.69, 9.17) is 4.74 Å². The normalized spacial score (nSPS) is 12.1. The zero-order valence-corrected chi connectivity index (χ0v) is 12.3. The van der Waals surface area contributed by atoms with Gasteiger partial charge >= 0.3 is 0 Å². The number of hydrogen-bond acceptors (Lipinski definition) is 3. The molecule has 2 aromatic carbocycles. The molecule has 0 saturated heterocycles. The van der Waals surface area contributed by atoms with Crippen LogP contribution in [0.25, 0.3) is 0 Å². The van der Waals surface area contributed by atoms with E-state index >= 15 is 0 Å². The van der Waals surface area contributed by atoms with Crippen LogP contribution in [-0.4, -0.2) is 11.7 Å². The summed E-state index contributed by atoms with van der Waals surface area (Å²) in [6.45, 7) is 4.85. The molecule has 0 heterocycles. The molecule has 21 heavy (non-hydrogen) atoms. The van der Waals surface area contributed by atoms with Gasteiger partial charge < -0.3 is 15.2 Å². The van der Waals surface area contributed by atoms with E-state index in [-0.39, 0.29) is 17.6 Å². The quantitative estimate of drug-likeness (QED) is 0.850. The van der Waals surface area contributed by atoms with E-state index in [1.54, 1.807) is 24.3 Å². The molecule has 1 atom stereocenters. The van der Waals surface area contributed by atoms with Crippen LogP contribution in [0.1, 0.15) is 31.0 Å². The third kappa shape index (κ3) is 3.95. The summed E-state index contributed by atoms with van der Waals surface area (Å²) in [5.41, 5.74) is 1.61. The van der Waals surface area contributed by atoms with Crippen molar-refractivity contribution in [1.29, 1.82) is 0 Å². The summed E-state index contributed by atoms with van der Waals surface area (Å²) >= 11 is 0. The molecule has 0 aliphatic heterocycles. The van der Waals surface area contributed by atoms with Gasteiger partial charge in [0.1, 0.15) is 5.82 Å². The highest BCUT2D eigenvalue weighted by Crippen LogP contribution is 2.27. The molecule has 1 unspecified atom stereocenters. The lowest BCUT2D eigenvalue weighted by Gasteiger charge is -2.15. The Morgan fingerprint density at radius 1 is 1.24 bits per heavy atom. The Morgan fingerprint density at radius 3 is 2.71 bits per heavy atom. The molecule has 3 nitrogen and oxygen atoms in total. The van der Waals surface area contributed by atoms with E-state index in [2.05, 4.69) is 5.32 Å². The number of phenolic OH excluding ortho intramolecular Hbond substituents is 1. The van der Waals surface area contributed by atoms with E-state index in [0.717, 1.165) is 5.56 Å². The lowest BCUT2D eigenvalue weighted by Crippen LogP contribution is -2.19. The number of hydrogen-bond donors (Lipinski definition) is 2. The van der Waals surface area contributed by atoms with Gasteiger partial charge in [0.15, 0.2) is 11.5 Å². The van der Waals surface area contributed by atoms with Gasteiger partial charge in [-0.2, -0.15) is 0 Å². The minimum absolute atomic E-state index is 0.101.